The summed E-state index contributed by atoms with van der Waals surface area (Å²) in [5, 5.41) is 0. The van der Waals surface area contributed by atoms with Gasteiger partial charge in [0.15, 0.2) is 0 Å². The van der Waals surface area contributed by atoms with Crippen LogP contribution in [0.15, 0.2) is 35.3 Å². The molecule has 0 bridgehead atoms. The fourth-order valence-electron chi connectivity index (χ4n) is 2.55. The molecule has 21 heavy (non-hydrogen) atoms. The smallest absolute Gasteiger partial charge is 0.257 e. The zero-order valence-corrected chi connectivity index (χ0v) is 13.2. The van der Waals surface area contributed by atoms with Crippen LogP contribution in [-0.4, -0.2) is 18.2 Å². The normalized spacial score (nSPS) is 10.7. The largest absolute Gasteiger partial charge is 0.397 e. The van der Waals surface area contributed by atoms with E-state index in [1.54, 1.807) is 10.8 Å². The Morgan fingerprint density at radius 3 is 2.62 bits per heavy atom. The van der Waals surface area contributed by atoms with Crippen molar-refractivity contribution < 1.29 is 0 Å². The zero-order valence-electron chi connectivity index (χ0n) is 13.2. The van der Waals surface area contributed by atoms with Crippen molar-refractivity contribution in [3.8, 4) is 5.69 Å². The third-order valence-electron chi connectivity index (χ3n) is 3.71. The molecule has 2 rings (SSSR count). The molecule has 1 heterocycles. The van der Waals surface area contributed by atoms with Gasteiger partial charge < -0.3 is 10.6 Å². The van der Waals surface area contributed by atoms with Crippen LogP contribution in [-0.2, 0) is 0 Å². The van der Waals surface area contributed by atoms with Gasteiger partial charge in [0.1, 0.15) is 0 Å². The van der Waals surface area contributed by atoms with E-state index in [1.807, 2.05) is 45.2 Å². The average molecular weight is 285 g/mol. The second-order valence-electron chi connectivity index (χ2n) is 5.49. The van der Waals surface area contributed by atoms with Crippen LogP contribution >= 0.6 is 0 Å². The molecule has 0 saturated carbocycles. The maximum atomic E-state index is 12.3. The number of anilines is 2. The van der Waals surface area contributed by atoms with E-state index in [0.717, 1.165) is 41.2 Å². The summed E-state index contributed by atoms with van der Waals surface area (Å²) in [5.41, 5.74) is 10.5. The van der Waals surface area contributed by atoms with Crippen LogP contribution in [0.5, 0.6) is 0 Å². The lowest BCUT2D eigenvalue weighted by Crippen LogP contribution is -2.22. The number of aryl methyl sites for hydroxylation is 2. The lowest BCUT2D eigenvalue weighted by Gasteiger charge is -2.22. The molecule has 4 heteroatoms. The van der Waals surface area contributed by atoms with Gasteiger partial charge in [0.25, 0.3) is 5.56 Å². The van der Waals surface area contributed by atoms with Crippen LogP contribution in [0.25, 0.3) is 5.69 Å². The van der Waals surface area contributed by atoms with Gasteiger partial charge >= 0.3 is 0 Å². The van der Waals surface area contributed by atoms with Crippen molar-refractivity contribution >= 4 is 11.4 Å². The summed E-state index contributed by atoms with van der Waals surface area (Å²) in [6.07, 6.45) is 2.85. The molecule has 1 aromatic heterocycles. The second-order valence-corrected chi connectivity index (χ2v) is 5.49. The first-order chi connectivity index (χ1) is 9.95. The third-order valence-corrected chi connectivity index (χ3v) is 3.71. The molecule has 0 saturated heterocycles. The van der Waals surface area contributed by atoms with E-state index in [9.17, 15) is 4.79 Å². The number of hydrogen-bond donors (Lipinski definition) is 1. The van der Waals surface area contributed by atoms with Gasteiger partial charge in [-0.25, -0.2) is 0 Å². The van der Waals surface area contributed by atoms with Crippen LogP contribution in [0.4, 0.5) is 11.4 Å². The number of nitrogens with zero attached hydrogens (tertiary/aromatic N) is 2. The number of hydrogen-bond acceptors (Lipinski definition) is 3. The molecular formula is C17H23N3O. The quantitative estimate of drug-likeness (QED) is 0.879. The van der Waals surface area contributed by atoms with Crippen molar-refractivity contribution in [3.05, 3.63) is 51.9 Å². The second kappa shape index (κ2) is 6.04. The topological polar surface area (TPSA) is 51.3 Å². The van der Waals surface area contributed by atoms with Gasteiger partial charge in [0.2, 0.25) is 0 Å². The Morgan fingerprint density at radius 2 is 1.95 bits per heavy atom. The molecule has 0 aliphatic heterocycles. The minimum atomic E-state index is 0.00876. The summed E-state index contributed by atoms with van der Waals surface area (Å²) in [5.74, 6) is 0. The van der Waals surface area contributed by atoms with E-state index in [-0.39, 0.29) is 5.56 Å². The predicted octanol–water partition coefficient (Wildman–Crippen LogP) is 2.88. The van der Waals surface area contributed by atoms with Crippen molar-refractivity contribution in [1.82, 2.24) is 4.57 Å². The molecule has 0 aliphatic carbocycles. The summed E-state index contributed by atoms with van der Waals surface area (Å²) in [4.78, 5) is 14.5. The summed E-state index contributed by atoms with van der Waals surface area (Å²) in [7, 11) is 2.02. The van der Waals surface area contributed by atoms with E-state index in [1.165, 1.54) is 0 Å². The molecule has 1 aromatic carbocycles. The van der Waals surface area contributed by atoms with Crippen molar-refractivity contribution in [2.24, 2.45) is 0 Å². The Bertz CT molecular complexity index is 704. The molecule has 0 fully saturated rings. The van der Waals surface area contributed by atoms with E-state index < -0.39 is 0 Å². The molecule has 112 valence electrons. The molecule has 0 radical (unpaired) electrons. The number of rotatable bonds is 4. The fourth-order valence-corrected chi connectivity index (χ4v) is 2.55. The van der Waals surface area contributed by atoms with E-state index in [4.69, 9.17) is 5.73 Å². The van der Waals surface area contributed by atoms with Gasteiger partial charge in [-0.1, -0.05) is 13.0 Å². The lowest BCUT2D eigenvalue weighted by molar-refractivity contribution is 0.851. The Labute approximate surface area is 125 Å². The van der Waals surface area contributed by atoms with Crippen LogP contribution < -0.4 is 16.2 Å². The van der Waals surface area contributed by atoms with Crippen molar-refractivity contribution in [2.75, 3.05) is 24.2 Å². The number of benzene rings is 1. The zero-order chi connectivity index (χ0) is 15.6. The van der Waals surface area contributed by atoms with Crippen LogP contribution in [0.3, 0.4) is 0 Å². The Hall–Kier alpha value is -2.23. The summed E-state index contributed by atoms with van der Waals surface area (Å²) in [6, 6.07) is 7.66. The molecule has 4 nitrogen and oxygen atoms in total. The molecule has 2 N–H and O–H groups in total. The van der Waals surface area contributed by atoms with Crippen molar-refractivity contribution in [3.63, 3.8) is 0 Å². The number of nitrogens with two attached hydrogens (primary N) is 1. The minimum absolute atomic E-state index is 0.00876. The highest BCUT2D eigenvalue weighted by Crippen LogP contribution is 2.28. The van der Waals surface area contributed by atoms with Crippen LogP contribution in [0.2, 0.25) is 0 Å². The Morgan fingerprint density at radius 1 is 1.24 bits per heavy atom. The highest BCUT2D eigenvalue weighted by atomic mass is 16.1. The van der Waals surface area contributed by atoms with E-state index in [2.05, 4.69) is 11.8 Å². The van der Waals surface area contributed by atoms with Gasteiger partial charge in [-0.05, 0) is 44.0 Å². The maximum absolute atomic E-state index is 12.3. The molecule has 0 unspecified atom stereocenters. The average Bonchev–Trinajstić information content (AvgIpc) is 2.43. The third kappa shape index (κ3) is 2.94. The molecule has 0 aliphatic rings. The molecule has 2 aromatic rings. The van der Waals surface area contributed by atoms with Crippen molar-refractivity contribution in [2.45, 2.75) is 27.2 Å². The first-order valence-electron chi connectivity index (χ1n) is 7.25. The van der Waals surface area contributed by atoms with Gasteiger partial charge in [-0.3, -0.25) is 9.36 Å². The van der Waals surface area contributed by atoms with Crippen LogP contribution in [0, 0.1) is 13.8 Å². The lowest BCUT2D eigenvalue weighted by atomic mass is 10.1. The van der Waals surface area contributed by atoms with Gasteiger partial charge in [-0.2, -0.15) is 0 Å². The molecule has 0 amide bonds. The minimum Gasteiger partial charge on any atom is -0.397 e. The summed E-state index contributed by atoms with van der Waals surface area (Å²) >= 11 is 0. The van der Waals surface area contributed by atoms with E-state index >= 15 is 0 Å². The van der Waals surface area contributed by atoms with E-state index in [0.29, 0.717) is 0 Å². The van der Waals surface area contributed by atoms with Gasteiger partial charge in [0, 0.05) is 25.4 Å². The van der Waals surface area contributed by atoms with Gasteiger partial charge in [0.05, 0.1) is 17.1 Å². The standard InChI is InChI=1S/C17H23N3O/c1-5-8-19(4)16-11-15(13(3)10-14(16)18)20-9-6-7-12(2)17(20)21/h6-7,9-11H,5,8,18H2,1-4H3. The first kappa shape index (κ1) is 15.2. The fraction of sp³-hybridized carbons (Fsp3) is 0.353. The molecule has 0 spiro atoms. The SMILES string of the molecule is CCCN(C)c1cc(-n2cccc(C)c2=O)c(C)cc1N. The summed E-state index contributed by atoms with van der Waals surface area (Å²) < 4.78 is 1.69. The first-order valence-corrected chi connectivity index (χ1v) is 7.25. The highest BCUT2D eigenvalue weighted by Gasteiger charge is 2.11. The predicted molar refractivity (Wildman–Crippen MR) is 89.5 cm³/mol. The maximum Gasteiger partial charge on any atom is 0.257 e. The Balaban J connectivity index is 2.61. The van der Waals surface area contributed by atoms with Crippen molar-refractivity contribution in [1.29, 1.82) is 0 Å². The number of pyridine rings is 1. The number of nitrogen functional groups attached to an aromatic ring is 1. The van der Waals surface area contributed by atoms with Crippen LogP contribution in [0.1, 0.15) is 24.5 Å². The monoisotopic (exact) mass is 285 g/mol. The summed E-state index contributed by atoms with van der Waals surface area (Å²) in [6.45, 7) is 6.86. The van der Waals surface area contributed by atoms with Gasteiger partial charge in [-0.15, -0.1) is 0 Å². The number of aromatic nitrogens is 1. The molecule has 0 atom stereocenters. The Kier molecular flexibility index (Phi) is 4.36. The molecular weight excluding hydrogens is 262 g/mol. The highest BCUT2D eigenvalue weighted by molar-refractivity contribution is 5.72.